The van der Waals surface area contributed by atoms with E-state index in [2.05, 4.69) is 5.32 Å². The topological polar surface area (TPSA) is 83.6 Å². The van der Waals surface area contributed by atoms with Gasteiger partial charge in [0.1, 0.15) is 0 Å². The number of nitrogens with one attached hydrogen (secondary N) is 1. The second-order valence-electron chi connectivity index (χ2n) is 6.64. The van der Waals surface area contributed by atoms with Crippen LogP contribution in [0.15, 0.2) is 48.5 Å². The van der Waals surface area contributed by atoms with E-state index in [1.54, 1.807) is 12.1 Å². The SMILES string of the molecule is Cc1ccc(N2C(=O)c3ccc4c5c(ccc(c35)C2=O)C(=O)NC4=O)cc1. The first-order valence-corrected chi connectivity index (χ1v) is 8.38. The second kappa shape index (κ2) is 5.11. The van der Waals surface area contributed by atoms with E-state index in [9.17, 15) is 19.2 Å². The first-order valence-electron chi connectivity index (χ1n) is 8.38. The van der Waals surface area contributed by atoms with Gasteiger partial charge in [0.15, 0.2) is 0 Å². The van der Waals surface area contributed by atoms with Gasteiger partial charge in [0.25, 0.3) is 23.6 Å². The summed E-state index contributed by atoms with van der Waals surface area (Å²) < 4.78 is 0. The summed E-state index contributed by atoms with van der Waals surface area (Å²) in [5, 5.41) is 3.01. The van der Waals surface area contributed by atoms with Crippen molar-refractivity contribution >= 4 is 40.1 Å². The summed E-state index contributed by atoms with van der Waals surface area (Å²) in [6.07, 6.45) is 0. The fourth-order valence-corrected chi connectivity index (χ4v) is 3.73. The molecule has 0 aromatic heterocycles. The molecule has 2 heterocycles. The van der Waals surface area contributed by atoms with Crippen molar-refractivity contribution in [1.29, 1.82) is 0 Å². The molecule has 1 N–H and O–H groups in total. The number of imide groups is 2. The number of benzene rings is 3. The molecule has 0 atom stereocenters. The Bertz CT molecular complexity index is 1160. The smallest absolute Gasteiger partial charge is 0.265 e. The number of hydrogen-bond donors (Lipinski definition) is 1. The third-order valence-electron chi connectivity index (χ3n) is 5.04. The van der Waals surface area contributed by atoms with E-state index in [0.717, 1.165) is 10.5 Å². The summed E-state index contributed by atoms with van der Waals surface area (Å²) >= 11 is 0. The van der Waals surface area contributed by atoms with Crippen LogP contribution in [0.2, 0.25) is 0 Å². The van der Waals surface area contributed by atoms with Crippen LogP contribution in [0.5, 0.6) is 0 Å². The minimum Gasteiger partial charge on any atom is -0.288 e. The molecule has 5 rings (SSSR count). The molecule has 0 saturated heterocycles. The van der Waals surface area contributed by atoms with Crippen LogP contribution < -0.4 is 10.2 Å². The highest BCUT2D eigenvalue weighted by atomic mass is 16.2. The van der Waals surface area contributed by atoms with Crippen molar-refractivity contribution in [2.24, 2.45) is 0 Å². The maximum absolute atomic E-state index is 13.1. The van der Waals surface area contributed by atoms with E-state index in [4.69, 9.17) is 0 Å². The largest absolute Gasteiger partial charge is 0.288 e. The molecule has 0 radical (unpaired) electrons. The normalized spacial score (nSPS) is 15.4. The van der Waals surface area contributed by atoms with Crippen LogP contribution in [-0.2, 0) is 0 Å². The first-order chi connectivity index (χ1) is 13.0. The highest BCUT2D eigenvalue weighted by Crippen LogP contribution is 2.37. The van der Waals surface area contributed by atoms with Crippen LogP contribution in [0.1, 0.15) is 47.0 Å². The summed E-state index contributed by atoms with van der Waals surface area (Å²) in [6, 6.07) is 13.2. The number of amides is 4. The highest BCUT2D eigenvalue weighted by Gasteiger charge is 2.37. The molecule has 0 unspecified atom stereocenters. The van der Waals surface area contributed by atoms with Crippen LogP contribution in [0, 0.1) is 6.92 Å². The maximum atomic E-state index is 13.1. The Morgan fingerprint density at radius 3 is 1.59 bits per heavy atom. The molecule has 0 saturated carbocycles. The van der Waals surface area contributed by atoms with E-state index in [-0.39, 0.29) is 11.1 Å². The Morgan fingerprint density at radius 2 is 1.07 bits per heavy atom. The molecule has 6 heteroatoms. The summed E-state index contributed by atoms with van der Waals surface area (Å²) in [6.45, 7) is 1.92. The van der Waals surface area contributed by atoms with Gasteiger partial charge in [0, 0.05) is 33.0 Å². The number of nitrogens with zero attached hydrogens (tertiary/aromatic N) is 1. The zero-order chi connectivity index (χ0) is 18.9. The molecule has 6 nitrogen and oxygen atoms in total. The summed E-state index contributed by atoms with van der Waals surface area (Å²) in [4.78, 5) is 51.7. The van der Waals surface area contributed by atoms with Crippen molar-refractivity contribution in [3.63, 3.8) is 0 Å². The molecule has 27 heavy (non-hydrogen) atoms. The van der Waals surface area contributed by atoms with Gasteiger partial charge in [0.2, 0.25) is 0 Å². The van der Waals surface area contributed by atoms with Crippen molar-refractivity contribution in [3.8, 4) is 0 Å². The third-order valence-corrected chi connectivity index (χ3v) is 5.04. The average Bonchev–Trinajstić information content (AvgIpc) is 2.66. The van der Waals surface area contributed by atoms with Crippen LogP contribution in [0.4, 0.5) is 5.69 Å². The molecule has 3 aromatic rings. The summed E-state index contributed by atoms with van der Waals surface area (Å²) in [5.41, 5.74) is 2.66. The lowest BCUT2D eigenvalue weighted by molar-refractivity contribution is 0.0837. The number of rotatable bonds is 1. The molecule has 0 bridgehead atoms. The lowest BCUT2D eigenvalue weighted by atomic mass is 9.86. The highest BCUT2D eigenvalue weighted by molar-refractivity contribution is 6.39. The predicted octanol–water partition coefficient (Wildman–Crippen LogP) is 2.83. The Kier molecular flexibility index (Phi) is 2.92. The summed E-state index contributed by atoms with van der Waals surface area (Å²) in [7, 11) is 0. The molecule has 3 aromatic carbocycles. The van der Waals surface area contributed by atoms with Gasteiger partial charge in [0.05, 0.1) is 5.69 Å². The minimum absolute atomic E-state index is 0.287. The monoisotopic (exact) mass is 356 g/mol. The van der Waals surface area contributed by atoms with Crippen molar-refractivity contribution in [1.82, 2.24) is 5.32 Å². The minimum atomic E-state index is -0.530. The number of aryl methyl sites for hydroxylation is 1. The fourth-order valence-electron chi connectivity index (χ4n) is 3.73. The quantitative estimate of drug-likeness (QED) is 0.680. The third kappa shape index (κ3) is 1.95. The van der Waals surface area contributed by atoms with E-state index in [0.29, 0.717) is 27.6 Å². The lowest BCUT2D eigenvalue weighted by Gasteiger charge is -2.29. The second-order valence-corrected chi connectivity index (χ2v) is 6.64. The molecule has 0 aliphatic carbocycles. The van der Waals surface area contributed by atoms with Crippen molar-refractivity contribution in [2.45, 2.75) is 6.92 Å². The summed E-state index contributed by atoms with van der Waals surface area (Å²) in [5.74, 6) is -2.01. The predicted molar refractivity (Wildman–Crippen MR) is 98.1 cm³/mol. The Hall–Kier alpha value is -3.80. The van der Waals surface area contributed by atoms with Gasteiger partial charge >= 0.3 is 0 Å². The van der Waals surface area contributed by atoms with Gasteiger partial charge < -0.3 is 0 Å². The molecular formula is C21H12N2O4. The lowest BCUT2D eigenvalue weighted by Crippen LogP contribution is -2.42. The molecule has 2 aliphatic heterocycles. The molecule has 4 amide bonds. The van der Waals surface area contributed by atoms with Crippen molar-refractivity contribution in [3.05, 3.63) is 76.3 Å². The number of carbonyl (C=O) groups is 4. The maximum Gasteiger partial charge on any atom is 0.265 e. The zero-order valence-electron chi connectivity index (χ0n) is 14.2. The fraction of sp³-hybridized carbons (Fsp3) is 0.0476. The standard InChI is InChI=1S/C21H12N2O4/c1-10-2-4-11(5-3-10)23-20(26)14-8-6-12-16-13(19(25)22-18(12)24)7-9-15(17(14)16)21(23)27/h2-9H,1H3,(H,22,24,25). The number of carbonyl (C=O) groups excluding carboxylic acids is 4. The molecule has 0 spiro atoms. The van der Waals surface area contributed by atoms with E-state index in [1.165, 1.54) is 24.3 Å². The van der Waals surface area contributed by atoms with Gasteiger partial charge in [-0.05, 0) is 43.3 Å². The van der Waals surface area contributed by atoms with Gasteiger partial charge in [-0.25, -0.2) is 4.90 Å². The van der Waals surface area contributed by atoms with Gasteiger partial charge in [-0.15, -0.1) is 0 Å². The van der Waals surface area contributed by atoms with Gasteiger partial charge in [-0.2, -0.15) is 0 Å². The van der Waals surface area contributed by atoms with Crippen LogP contribution >= 0.6 is 0 Å². The number of hydrogen-bond acceptors (Lipinski definition) is 4. The number of anilines is 1. The molecule has 2 aliphatic rings. The van der Waals surface area contributed by atoms with E-state index < -0.39 is 23.6 Å². The Morgan fingerprint density at radius 1 is 0.630 bits per heavy atom. The van der Waals surface area contributed by atoms with E-state index >= 15 is 0 Å². The van der Waals surface area contributed by atoms with Crippen molar-refractivity contribution < 1.29 is 19.2 Å². The van der Waals surface area contributed by atoms with E-state index in [1.807, 2.05) is 19.1 Å². The average molecular weight is 356 g/mol. The van der Waals surface area contributed by atoms with Gasteiger partial charge in [-0.3, -0.25) is 24.5 Å². The first kappa shape index (κ1) is 15.5. The molecular weight excluding hydrogens is 344 g/mol. The zero-order valence-corrected chi connectivity index (χ0v) is 14.2. The Balaban J connectivity index is 1.82. The van der Waals surface area contributed by atoms with Gasteiger partial charge in [-0.1, -0.05) is 17.7 Å². The molecule has 0 fully saturated rings. The van der Waals surface area contributed by atoms with Crippen LogP contribution in [0.25, 0.3) is 10.8 Å². The van der Waals surface area contributed by atoms with Crippen LogP contribution in [-0.4, -0.2) is 23.6 Å². The molecule has 130 valence electrons. The van der Waals surface area contributed by atoms with Crippen molar-refractivity contribution in [2.75, 3.05) is 4.90 Å². The Labute approximate surface area is 153 Å². The van der Waals surface area contributed by atoms with Crippen LogP contribution in [0.3, 0.4) is 0 Å².